The van der Waals surface area contributed by atoms with Crippen LogP contribution in [0, 0.1) is 0 Å². The van der Waals surface area contributed by atoms with E-state index in [1.165, 1.54) is 42.4 Å². The Bertz CT molecular complexity index is 1260. The second-order valence-electron chi connectivity index (χ2n) is 7.02. The molecule has 0 unspecified atom stereocenters. The van der Waals surface area contributed by atoms with Gasteiger partial charge in [0.1, 0.15) is 0 Å². The average molecular weight is 377 g/mol. The predicted molar refractivity (Wildman–Crippen MR) is 124 cm³/mol. The summed E-state index contributed by atoms with van der Waals surface area (Å²) < 4.78 is 2.72. The van der Waals surface area contributed by atoms with Crippen molar-refractivity contribution in [2.75, 3.05) is 0 Å². The first-order valence-corrected chi connectivity index (χ1v) is 10.4. The second kappa shape index (κ2) is 7.46. The van der Waals surface area contributed by atoms with Crippen LogP contribution in [0.25, 0.3) is 37.4 Å². The maximum absolute atomic E-state index is 2.30. The molecule has 0 aliphatic heterocycles. The van der Waals surface area contributed by atoms with Gasteiger partial charge in [-0.1, -0.05) is 97.1 Å². The van der Waals surface area contributed by atoms with Crippen LogP contribution < -0.4 is 0 Å². The van der Waals surface area contributed by atoms with Crippen molar-refractivity contribution in [3.63, 3.8) is 0 Å². The van der Waals surface area contributed by atoms with Gasteiger partial charge >= 0.3 is 0 Å². The van der Waals surface area contributed by atoms with E-state index in [9.17, 15) is 0 Å². The van der Waals surface area contributed by atoms with Gasteiger partial charge in [0.05, 0.1) is 0 Å². The molecule has 1 heteroatoms. The van der Waals surface area contributed by atoms with Crippen molar-refractivity contribution in [1.29, 1.82) is 0 Å². The first kappa shape index (κ1) is 17.0. The summed E-state index contributed by atoms with van der Waals surface area (Å²) in [6, 6.07) is 34.8. The summed E-state index contributed by atoms with van der Waals surface area (Å²) in [6.07, 6.45) is 5.43. The van der Waals surface area contributed by atoms with E-state index >= 15 is 0 Å². The Hall–Kier alpha value is -3.16. The third kappa shape index (κ3) is 3.37. The van der Waals surface area contributed by atoms with E-state index in [1.807, 2.05) is 11.3 Å². The van der Waals surface area contributed by atoms with Gasteiger partial charge in [-0.3, -0.25) is 0 Å². The SMILES string of the molecule is C(=C\c1ccc2c(c1)sc1ccccc12)/Cc1ccc(-c2ccccc2)cc1. The quantitative estimate of drug-likeness (QED) is 0.298. The van der Waals surface area contributed by atoms with Crippen molar-refractivity contribution >= 4 is 37.6 Å². The lowest BCUT2D eigenvalue weighted by Gasteiger charge is -2.03. The molecule has 5 aromatic rings. The zero-order valence-electron chi connectivity index (χ0n) is 15.5. The Labute approximate surface area is 169 Å². The van der Waals surface area contributed by atoms with Crippen LogP contribution in [0.3, 0.4) is 0 Å². The Kier molecular flexibility index (Phi) is 4.52. The molecule has 0 fully saturated rings. The van der Waals surface area contributed by atoms with E-state index in [2.05, 4.69) is 109 Å². The van der Waals surface area contributed by atoms with Gasteiger partial charge in [-0.25, -0.2) is 0 Å². The molecule has 1 heterocycles. The standard InChI is InChI=1S/C27H20S/c1-2-9-22(10-3-1)23-16-13-20(14-17-23)7-6-8-21-15-18-25-24-11-4-5-12-26(24)28-27(25)19-21/h1-6,8-19H,7H2/b8-6+. The first-order chi connectivity index (χ1) is 13.9. The lowest BCUT2D eigenvalue weighted by Crippen LogP contribution is -1.82. The summed E-state index contributed by atoms with van der Waals surface area (Å²) in [4.78, 5) is 0. The summed E-state index contributed by atoms with van der Waals surface area (Å²) in [5, 5.41) is 2.71. The fraction of sp³-hybridized carbons (Fsp3) is 0.0370. The Morgan fingerprint density at radius 3 is 2.18 bits per heavy atom. The molecule has 0 nitrogen and oxygen atoms in total. The highest BCUT2D eigenvalue weighted by Gasteiger charge is 2.04. The molecule has 0 amide bonds. The van der Waals surface area contributed by atoms with Gasteiger partial charge in [-0.05, 0) is 40.8 Å². The highest BCUT2D eigenvalue weighted by molar-refractivity contribution is 7.25. The van der Waals surface area contributed by atoms with Crippen molar-refractivity contribution in [3.8, 4) is 11.1 Å². The number of hydrogen-bond acceptors (Lipinski definition) is 1. The van der Waals surface area contributed by atoms with Crippen molar-refractivity contribution in [2.24, 2.45) is 0 Å². The van der Waals surface area contributed by atoms with E-state index in [1.54, 1.807) is 0 Å². The fourth-order valence-corrected chi connectivity index (χ4v) is 4.80. The topological polar surface area (TPSA) is 0 Å². The molecule has 1 aromatic heterocycles. The van der Waals surface area contributed by atoms with Crippen LogP contribution in [-0.2, 0) is 6.42 Å². The molecule has 28 heavy (non-hydrogen) atoms. The molecule has 0 aliphatic rings. The summed E-state index contributed by atoms with van der Waals surface area (Å²) in [6.45, 7) is 0. The average Bonchev–Trinajstić information content (AvgIpc) is 3.13. The number of fused-ring (bicyclic) bond motifs is 3. The largest absolute Gasteiger partial charge is 0.135 e. The van der Waals surface area contributed by atoms with E-state index in [0.717, 1.165) is 6.42 Å². The van der Waals surface area contributed by atoms with Gasteiger partial charge < -0.3 is 0 Å². The number of benzene rings is 4. The first-order valence-electron chi connectivity index (χ1n) is 9.59. The molecule has 134 valence electrons. The zero-order chi connectivity index (χ0) is 18.8. The van der Waals surface area contributed by atoms with E-state index in [0.29, 0.717) is 0 Å². The number of thiophene rings is 1. The van der Waals surface area contributed by atoms with Crippen LogP contribution in [-0.4, -0.2) is 0 Å². The molecule has 0 atom stereocenters. The van der Waals surface area contributed by atoms with Crippen molar-refractivity contribution in [2.45, 2.75) is 6.42 Å². The number of hydrogen-bond donors (Lipinski definition) is 0. The molecule has 0 radical (unpaired) electrons. The fourth-order valence-electron chi connectivity index (χ4n) is 3.64. The van der Waals surface area contributed by atoms with Crippen LogP contribution in [0.2, 0.25) is 0 Å². The van der Waals surface area contributed by atoms with E-state index < -0.39 is 0 Å². The second-order valence-corrected chi connectivity index (χ2v) is 8.11. The highest BCUT2D eigenvalue weighted by Crippen LogP contribution is 2.34. The molecule has 0 saturated heterocycles. The van der Waals surface area contributed by atoms with E-state index in [4.69, 9.17) is 0 Å². The zero-order valence-corrected chi connectivity index (χ0v) is 16.3. The van der Waals surface area contributed by atoms with Gasteiger partial charge in [0.2, 0.25) is 0 Å². The van der Waals surface area contributed by atoms with Crippen LogP contribution in [0.15, 0.2) is 103 Å². The third-order valence-electron chi connectivity index (χ3n) is 5.13. The van der Waals surface area contributed by atoms with Gasteiger partial charge in [-0.15, -0.1) is 11.3 Å². The van der Waals surface area contributed by atoms with Gasteiger partial charge in [-0.2, -0.15) is 0 Å². The summed E-state index contributed by atoms with van der Waals surface area (Å²) in [7, 11) is 0. The lowest BCUT2D eigenvalue weighted by atomic mass is 10.0. The highest BCUT2D eigenvalue weighted by atomic mass is 32.1. The van der Waals surface area contributed by atoms with E-state index in [-0.39, 0.29) is 0 Å². The molecule has 0 bridgehead atoms. The molecular formula is C27H20S. The molecule has 0 aliphatic carbocycles. The molecule has 4 aromatic carbocycles. The third-order valence-corrected chi connectivity index (χ3v) is 6.26. The number of allylic oxidation sites excluding steroid dienone is 1. The molecule has 5 rings (SSSR count). The Balaban J connectivity index is 1.33. The summed E-state index contributed by atoms with van der Waals surface area (Å²) >= 11 is 1.87. The summed E-state index contributed by atoms with van der Waals surface area (Å²) in [5.74, 6) is 0. The van der Waals surface area contributed by atoms with Crippen LogP contribution >= 0.6 is 11.3 Å². The van der Waals surface area contributed by atoms with Crippen molar-refractivity contribution < 1.29 is 0 Å². The minimum absolute atomic E-state index is 0.944. The lowest BCUT2D eigenvalue weighted by molar-refractivity contribution is 1.28. The number of rotatable bonds is 4. The van der Waals surface area contributed by atoms with Crippen molar-refractivity contribution in [3.05, 3.63) is 114 Å². The minimum atomic E-state index is 0.944. The monoisotopic (exact) mass is 376 g/mol. The molecule has 0 saturated carbocycles. The molecular weight excluding hydrogens is 356 g/mol. The van der Waals surface area contributed by atoms with Gasteiger partial charge in [0.15, 0.2) is 0 Å². The molecule has 0 N–H and O–H groups in total. The molecule has 0 spiro atoms. The summed E-state index contributed by atoms with van der Waals surface area (Å²) in [5.41, 5.74) is 5.13. The van der Waals surface area contributed by atoms with Gasteiger partial charge in [0.25, 0.3) is 0 Å². The maximum atomic E-state index is 2.30. The van der Waals surface area contributed by atoms with Crippen LogP contribution in [0.1, 0.15) is 11.1 Å². The van der Waals surface area contributed by atoms with Crippen LogP contribution in [0.4, 0.5) is 0 Å². The predicted octanol–water partition coefficient (Wildman–Crippen LogP) is 7.98. The Morgan fingerprint density at radius 1 is 0.607 bits per heavy atom. The van der Waals surface area contributed by atoms with Crippen LogP contribution in [0.5, 0.6) is 0 Å². The minimum Gasteiger partial charge on any atom is -0.135 e. The maximum Gasteiger partial charge on any atom is 0.0361 e. The van der Waals surface area contributed by atoms with Crippen molar-refractivity contribution in [1.82, 2.24) is 0 Å². The smallest absolute Gasteiger partial charge is 0.0361 e. The Morgan fingerprint density at radius 2 is 1.32 bits per heavy atom. The normalized spacial score (nSPS) is 11.6. The van der Waals surface area contributed by atoms with Gasteiger partial charge in [0, 0.05) is 20.2 Å².